The highest BCUT2D eigenvalue weighted by Gasteiger charge is 2.06. The fraction of sp³-hybridized carbons (Fsp3) is 0.531. The average Bonchev–Trinajstić information content (AvgIpc) is 2.99. The summed E-state index contributed by atoms with van der Waals surface area (Å²) in [6.45, 7) is 11.6. The first-order valence-corrected chi connectivity index (χ1v) is 14.8. The Labute approximate surface area is 257 Å². The Morgan fingerprint density at radius 1 is 1.05 bits per heavy atom. The van der Waals surface area contributed by atoms with Gasteiger partial charge in [0.15, 0.2) is 0 Å². The molecule has 0 heterocycles. The van der Waals surface area contributed by atoms with Crippen LogP contribution in [0, 0.1) is 12.7 Å². The normalized spacial score (nSPS) is 10.3. The van der Waals surface area contributed by atoms with E-state index in [1.165, 1.54) is 35.4 Å². The molecule has 42 heavy (non-hydrogen) atoms. The number of aryl methyl sites for hydroxylation is 2. The number of nitrogens with zero attached hydrogens (tertiary/aromatic N) is 1. The zero-order valence-corrected chi connectivity index (χ0v) is 27.0. The van der Waals surface area contributed by atoms with Crippen LogP contribution in [0.25, 0.3) is 0 Å². The van der Waals surface area contributed by atoms with Gasteiger partial charge in [-0.1, -0.05) is 62.1 Å². The number of rotatable bonds is 17. The topological polar surface area (TPSA) is 99.8 Å². The van der Waals surface area contributed by atoms with E-state index in [0.29, 0.717) is 44.0 Å². The Bertz CT molecular complexity index is 912. The van der Waals surface area contributed by atoms with Gasteiger partial charge in [0.2, 0.25) is 12.8 Å². The molecule has 1 atom stereocenters. The molecule has 8 nitrogen and oxygen atoms in total. The summed E-state index contributed by atoms with van der Waals surface area (Å²) in [5, 5.41) is 9.77. The molecule has 3 N–H and O–H groups in total. The zero-order chi connectivity index (χ0) is 32.0. The molecule has 0 fully saturated rings. The second kappa shape index (κ2) is 29.5. The Kier molecular flexibility index (Phi) is 28.9. The van der Waals surface area contributed by atoms with E-state index in [-0.39, 0.29) is 12.4 Å². The maximum absolute atomic E-state index is 13.4. The number of hydrogen-bond acceptors (Lipinski definition) is 6. The number of ether oxygens (including phenoxy) is 1. The summed E-state index contributed by atoms with van der Waals surface area (Å²) in [4.78, 5) is 30.7. The summed E-state index contributed by atoms with van der Waals surface area (Å²) in [7, 11) is 3.47. The molecule has 2 aromatic rings. The largest absolute Gasteiger partial charge is 0.492 e. The van der Waals surface area contributed by atoms with E-state index in [2.05, 4.69) is 36.7 Å². The molecule has 1 unspecified atom stereocenters. The molecule has 0 saturated carbocycles. The van der Waals surface area contributed by atoms with Gasteiger partial charge in [-0.3, -0.25) is 9.59 Å². The molecule has 0 bridgehead atoms. The Hall–Kier alpha value is -3.01. The van der Waals surface area contributed by atoms with Crippen molar-refractivity contribution in [3.63, 3.8) is 0 Å². The first-order valence-electron chi connectivity index (χ1n) is 14.5. The maximum atomic E-state index is 13.4. The molecule has 238 valence electrons. The third kappa shape index (κ3) is 25.9. The molecule has 0 aliphatic heterocycles. The van der Waals surface area contributed by atoms with Crippen LogP contribution in [0.2, 0.25) is 5.02 Å². The van der Waals surface area contributed by atoms with Crippen molar-refractivity contribution in [3.05, 3.63) is 64.4 Å². The quantitative estimate of drug-likeness (QED) is 0.168. The van der Waals surface area contributed by atoms with Gasteiger partial charge in [-0.2, -0.15) is 0 Å². The number of likely N-dealkylation sites (N-methyl/N-ethyl adjacent to an activating group) is 1. The molecule has 0 aromatic heterocycles. The molecule has 2 amide bonds. The second-order valence-corrected chi connectivity index (χ2v) is 9.92. The monoisotopic (exact) mass is 610 g/mol. The summed E-state index contributed by atoms with van der Waals surface area (Å²) >= 11 is 5.61. The lowest BCUT2D eigenvalue weighted by Gasteiger charge is -2.15. The minimum absolute atomic E-state index is 0.184. The Balaban J connectivity index is 0. The molecule has 0 aliphatic carbocycles. The van der Waals surface area contributed by atoms with Crippen molar-refractivity contribution >= 4 is 30.7 Å². The standard InChI is InChI=1S/C18H29FN2O2.C7H7Cl.C4H7NO2.C3H9N/c1-3-4-6-15(2)21-11-12-23-18-13-17(19)9-8-16(18)7-5-10-20-14-22;1-6-2-4-7(8)5-3-6;1-5(4-7)2-3-6;1-3-4-2/h8-9,13-15,21H,3-7,10-12H2,1-2H3,(H,20,22);2-5H,1H3;3-4H,2H2,1H3;4H,3H2,1-2H3. The minimum Gasteiger partial charge on any atom is -0.492 e. The molecular weight excluding hydrogens is 559 g/mol. The predicted octanol–water partition coefficient (Wildman–Crippen LogP) is 5.20. The van der Waals surface area contributed by atoms with Gasteiger partial charge in [-0.15, -0.1) is 0 Å². The molecule has 0 aliphatic rings. The number of carbonyl (C=O) groups excluding carboxylic acids is 3. The predicted molar refractivity (Wildman–Crippen MR) is 172 cm³/mol. The van der Waals surface area contributed by atoms with Gasteiger partial charge in [0.05, 0.1) is 6.54 Å². The van der Waals surface area contributed by atoms with E-state index in [9.17, 15) is 18.8 Å². The number of hydrogen-bond donors (Lipinski definition) is 3. The van der Waals surface area contributed by atoms with Crippen LogP contribution in [0.3, 0.4) is 0 Å². The first kappa shape index (κ1) is 41.1. The van der Waals surface area contributed by atoms with Gasteiger partial charge in [0.25, 0.3) is 0 Å². The molecular formula is C32H52ClFN4O4. The summed E-state index contributed by atoms with van der Waals surface area (Å²) in [6, 6.07) is 12.9. The fourth-order valence-corrected chi connectivity index (χ4v) is 3.21. The summed E-state index contributed by atoms with van der Waals surface area (Å²) < 4.78 is 19.2. The highest BCUT2D eigenvalue weighted by molar-refractivity contribution is 6.30. The SMILES string of the molecule is CCCCC(C)NCCOc1cc(F)ccc1CCCNC=O.CCNC.CN(C=O)CC=O.Cc1ccc(Cl)cc1. The number of benzene rings is 2. The van der Waals surface area contributed by atoms with E-state index in [1.54, 1.807) is 13.1 Å². The minimum atomic E-state index is -0.293. The van der Waals surface area contributed by atoms with E-state index < -0.39 is 0 Å². The zero-order valence-electron chi connectivity index (χ0n) is 26.3. The Morgan fingerprint density at radius 3 is 2.21 bits per heavy atom. The van der Waals surface area contributed by atoms with Crippen LogP contribution in [-0.4, -0.2) is 76.9 Å². The number of carbonyl (C=O) groups is 3. The number of amides is 2. The average molecular weight is 611 g/mol. The lowest BCUT2D eigenvalue weighted by Crippen LogP contribution is -2.30. The van der Waals surface area contributed by atoms with Gasteiger partial charge in [-0.25, -0.2) is 4.39 Å². The van der Waals surface area contributed by atoms with Crippen LogP contribution in [-0.2, 0) is 20.8 Å². The molecule has 0 spiro atoms. The first-order chi connectivity index (χ1) is 20.2. The molecule has 2 aromatic carbocycles. The van der Waals surface area contributed by atoms with Gasteiger partial charge >= 0.3 is 0 Å². The number of halogens is 2. The highest BCUT2D eigenvalue weighted by atomic mass is 35.5. The van der Waals surface area contributed by atoms with Crippen LogP contribution in [0.4, 0.5) is 4.39 Å². The van der Waals surface area contributed by atoms with Crippen molar-refractivity contribution in [2.24, 2.45) is 0 Å². The van der Waals surface area contributed by atoms with Crippen molar-refractivity contribution in [1.29, 1.82) is 0 Å². The van der Waals surface area contributed by atoms with Crippen LogP contribution < -0.4 is 20.7 Å². The lowest BCUT2D eigenvalue weighted by molar-refractivity contribution is -0.120. The van der Waals surface area contributed by atoms with Crippen molar-refractivity contribution < 1.29 is 23.5 Å². The van der Waals surface area contributed by atoms with E-state index >= 15 is 0 Å². The fourth-order valence-electron chi connectivity index (χ4n) is 3.08. The summed E-state index contributed by atoms with van der Waals surface area (Å²) in [6.07, 6.45) is 7.09. The molecule has 0 saturated heterocycles. The number of aldehydes is 1. The van der Waals surface area contributed by atoms with Crippen molar-refractivity contribution in [2.75, 3.05) is 46.9 Å². The smallest absolute Gasteiger partial charge is 0.209 e. The molecule has 2 rings (SSSR count). The third-order valence-corrected chi connectivity index (χ3v) is 5.88. The number of nitrogens with one attached hydrogen (secondary N) is 3. The molecule has 10 heteroatoms. The third-order valence-electron chi connectivity index (χ3n) is 5.63. The van der Waals surface area contributed by atoms with E-state index in [0.717, 1.165) is 42.9 Å². The van der Waals surface area contributed by atoms with E-state index in [4.69, 9.17) is 16.3 Å². The lowest BCUT2D eigenvalue weighted by atomic mass is 10.1. The van der Waals surface area contributed by atoms with Gasteiger partial charge in [0.1, 0.15) is 24.5 Å². The van der Waals surface area contributed by atoms with Crippen LogP contribution in [0.5, 0.6) is 5.75 Å². The van der Waals surface area contributed by atoms with Gasteiger partial charge in [0, 0.05) is 37.3 Å². The molecule has 0 radical (unpaired) electrons. The van der Waals surface area contributed by atoms with E-state index in [1.807, 2.05) is 38.2 Å². The van der Waals surface area contributed by atoms with Crippen LogP contribution >= 0.6 is 11.6 Å². The second-order valence-electron chi connectivity index (χ2n) is 9.49. The van der Waals surface area contributed by atoms with Gasteiger partial charge in [-0.05, 0) is 70.5 Å². The summed E-state index contributed by atoms with van der Waals surface area (Å²) in [5.41, 5.74) is 2.22. The van der Waals surface area contributed by atoms with Crippen molar-refractivity contribution in [3.8, 4) is 5.75 Å². The van der Waals surface area contributed by atoms with Crippen molar-refractivity contribution in [2.45, 2.75) is 65.8 Å². The van der Waals surface area contributed by atoms with Gasteiger partial charge < -0.3 is 30.4 Å². The highest BCUT2D eigenvalue weighted by Crippen LogP contribution is 2.21. The number of unbranched alkanes of at least 4 members (excludes halogenated alkanes) is 1. The van der Waals surface area contributed by atoms with Crippen LogP contribution in [0.1, 0.15) is 57.6 Å². The Morgan fingerprint density at radius 2 is 1.71 bits per heavy atom. The van der Waals surface area contributed by atoms with Crippen molar-refractivity contribution in [1.82, 2.24) is 20.9 Å². The maximum Gasteiger partial charge on any atom is 0.209 e. The summed E-state index contributed by atoms with van der Waals surface area (Å²) in [5.74, 6) is 0.304. The van der Waals surface area contributed by atoms with Crippen LogP contribution in [0.15, 0.2) is 42.5 Å².